The lowest BCUT2D eigenvalue weighted by atomic mass is 10.1. The van der Waals surface area contributed by atoms with Crippen molar-refractivity contribution in [2.24, 2.45) is 0 Å². The van der Waals surface area contributed by atoms with E-state index in [1.807, 2.05) is 0 Å². The van der Waals surface area contributed by atoms with E-state index in [0.717, 1.165) is 12.8 Å². The minimum atomic E-state index is -0.455. The summed E-state index contributed by atoms with van der Waals surface area (Å²) in [4.78, 5) is 11.9. The van der Waals surface area contributed by atoms with Gasteiger partial charge in [0.05, 0.1) is 12.2 Å². The molecule has 1 aliphatic rings. The lowest BCUT2D eigenvalue weighted by Crippen LogP contribution is -2.26. The summed E-state index contributed by atoms with van der Waals surface area (Å²) in [7, 11) is 0. The molecular formula is C14H14FNO2. The van der Waals surface area contributed by atoms with Crippen molar-refractivity contribution in [2.45, 2.75) is 25.3 Å². The van der Waals surface area contributed by atoms with Gasteiger partial charge in [-0.05, 0) is 31.0 Å². The van der Waals surface area contributed by atoms with Gasteiger partial charge in [-0.1, -0.05) is 11.8 Å². The highest BCUT2D eigenvalue weighted by atomic mass is 19.1. The van der Waals surface area contributed by atoms with E-state index in [1.165, 1.54) is 18.2 Å². The highest BCUT2D eigenvalue weighted by Gasteiger charge is 2.24. The number of carbonyl (C=O) groups excluding carboxylic acids is 1. The number of aliphatic hydroxyl groups excluding tert-OH is 1. The first-order valence-corrected chi connectivity index (χ1v) is 5.91. The van der Waals surface area contributed by atoms with Gasteiger partial charge in [0, 0.05) is 18.0 Å². The highest BCUT2D eigenvalue weighted by Crippen LogP contribution is 2.20. The third kappa shape index (κ3) is 3.31. The maximum absolute atomic E-state index is 13.2. The first kappa shape index (κ1) is 12.6. The molecule has 1 aromatic rings. The molecule has 2 N–H and O–H groups in total. The summed E-state index contributed by atoms with van der Waals surface area (Å²) in [6.45, 7) is -0.0300. The molecule has 18 heavy (non-hydrogen) atoms. The second kappa shape index (κ2) is 5.65. The third-order valence-corrected chi connectivity index (χ3v) is 2.60. The van der Waals surface area contributed by atoms with Crippen molar-refractivity contribution in [3.8, 4) is 11.8 Å². The van der Waals surface area contributed by atoms with Crippen molar-refractivity contribution < 1.29 is 14.3 Å². The molecule has 1 aliphatic carbocycles. The highest BCUT2D eigenvalue weighted by molar-refractivity contribution is 5.97. The van der Waals surface area contributed by atoms with Gasteiger partial charge in [0.15, 0.2) is 0 Å². The van der Waals surface area contributed by atoms with Gasteiger partial charge in [0.1, 0.15) is 5.82 Å². The van der Waals surface area contributed by atoms with Gasteiger partial charge in [-0.3, -0.25) is 4.79 Å². The zero-order valence-electron chi connectivity index (χ0n) is 9.87. The number of nitrogens with one attached hydrogen (secondary N) is 1. The SMILES string of the molecule is O=C(NC1CC1)c1cc(F)ccc1C#CCCO. The third-order valence-electron chi connectivity index (χ3n) is 2.60. The van der Waals surface area contributed by atoms with E-state index < -0.39 is 5.82 Å². The molecule has 0 saturated heterocycles. The molecule has 1 amide bonds. The second-order valence-corrected chi connectivity index (χ2v) is 4.21. The van der Waals surface area contributed by atoms with Crippen LogP contribution < -0.4 is 5.32 Å². The summed E-state index contributed by atoms with van der Waals surface area (Å²) in [5.41, 5.74) is 0.746. The lowest BCUT2D eigenvalue weighted by Gasteiger charge is -2.05. The first-order chi connectivity index (χ1) is 8.70. The molecule has 0 radical (unpaired) electrons. The van der Waals surface area contributed by atoms with Crippen molar-refractivity contribution >= 4 is 5.91 Å². The first-order valence-electron chi connectivity index (χ1n) is 5.91. The van der Waals surface area contributed by atoms with Crippen LogP contribution in [0.3, 0.4) is 0 Å². The minimum Gasteiger partial charge on any atom is -0.395 e. The van der Waals surface area contributed by atoms with Crippen molar-refractivity contribution in [3.63, 3.8) is 0 Å². The fraction of sp³-hybridized carbons (Fsp3) is 0.357. The molecule has 1 saturated carbocycles. The van der Waals surface area contributed by atoms with E-state index >= 15 is 0 Å². The molecule has 0 atom stereocenters. The Balaban J connectivity index is 2.22. The predicted octanol–water partition coefficient (Wildman–Crippen LogP) is 1.45. The fourth-order valence-electron chi connectivity index (χ4n) is 1.52. The molecule has 1 aromatic carbocycles. The number of halogens is 1. The second-order valence-electron chi connectivity index (χ2n) is 4.21. The van der Waals surface area contributed by atoms with Gasteiger partial charge in [0.25, 0.3) is 5.91 Å². The van der Waals surface area contributed by atoms with Gasteiger partial charge in [0.2, 0.25) is 0 Å². The van der Waals surface area contributed by atoms with Crippen molar-refractivity contribution in [3.05, 3.63) is 35.1 Å². The summed E-state index contributed by atoms with van der Waals surface area (Å²) in [6.07, 6.45) is 2.29. The average Bonchev–Trinajstić information content (AvgIpc) is 3.15. The maximum atomic E-state index is 13.2. The van der Waals surface area contributed by atoms with Crippen LogP contribution in [-0.4, -0.2) is 23.7 Å². The Bertz CT molecular complexity index is 512. The molecule has 0 unspecified atom stereocenters. The molecule has 4 heteroatoms. The summed E-state index contributed by atoms with van der Waals surface area (Å²) in [5.74, 6) is 4.77. The van der Waals surface area contributed by atoms with Gasteiger partial charge < -0.3 is 10.4 Å². The minimum absolute atomic E-state index is 0.0300. The molecule has 94 valence electrons. The number of hydrogen-bond acceptors (Lipinski definition) is 2. The van der Waals surface area contributed by atoms with E-state index in [0.29, 0.717) is 12.0 Å². The molecule has 0 aliphatic heterocycles. The van der Waals surface area contributed by atoms with Gasteiger partial charge in [-0.2, -0.15) is 0 Å². The standard InChI is InChI=1S/C14H14FNO2/c15-11-5-4-10(3-1-2-8-17)13(9-11)14(18)16-12-6-7-12/h4-5,9,12,17H,2,6-8H2,(H,16,18). The summed E-state index contributed by atoms with van der Waals surface area (Å²) >= 11 is 0. The Morgan fingerprint density at radius 1 is 1.50 bits per heavy atom. The fourth-order valence-corrected chi connectivity index (χ4v) is 1.52. The molecule has 0 spiro atoms. The van der Waals surface area contributed by atoms with Crippen LogP contribution in [0, 0.1) is 17.7 Å². The van der Waals surface area contributed by atoms with Crippen LogP contribution in [0.5, 0.6) is 0 Å². The molecule has 2 rings (SSSR count). The summed E-state index contributed by atoms with van der Waals surface area (Å²) < 4.78 is 13.2. The molecule has 0 bridgehead atoms. The van der Waals surface area contributed by atoms with Crippen LogP contribution in [-0.2, 0) is 0 Å². The smallest absolute Gasteiger partial charge is 0.252 e. The number of hydrogen-bond donors (Lipinski definition) is 2. The van der Waals surface area contributed by atoms with Gasteiger partial charge in [-0.15, -0.1) is 0 Å². The normalized spacial score (nSPS) is 13.7. The van der Waals surface area contributed by atoms with Gasteiger partial charge >= 0.3 is 0 Å². The number of aliphatic hydroxyl groups is 1. The predicted molar refractivity (Wildman–Crippen MR) is 65.5 cm³/mol. The molecule has 0 aromatic heterocycles. The van der Waals surface area contributed by atoms with E-state index in [2.05, 4.69) is 17.2 Å². The number of carbonyl (C=O) groups is 1. The molecule has 0 heterocycles. The summed E-state index contributed by atoms with van der Waals surface area (Å²) in [6, 6.07) is 4.18. The largest absolute Gasteiger partial charge is 0.395 e. The Morgan fingerprint density at radius 3 is 2.94 bits per heavy atom. The van der Waals surface area contributed by atoms with Crippen LogP contribution in [0.15, 0.2) is 18.2 Å². The van der Waals surface area contributed by atoms with Crippen LogP contribution in [0.2, 0.25) is 0 Å². The van der Waals surface area contributed by atoms with Crippen LogP contribution in [0.1, 0.15) is 35.2 Å². The quantitative estimate of drug-likeness (QED) is 0.794. The van der Waals surface area contributed by atoms with Crippen molar-refractivity contribution in [1.82, 2.24) is 5.32 Å². The number of amides is 1. The van der Waals surface area contributed by atoms with E-state index in [1.54, 1.807) is 0 Å². The zero-order chi connectivity index (χ0) is 13.0. The van der Waals surface area contributed by atoms with Gasteiger partial charge in [-0.25, -0.2) is 4.39 Å². The average molecular weight is 247 g/mol. The Hall–Kier alpha value is -1.86. The topological polar surface area (TPSA) is 49.3 Å². The van der Waals surface area contributed by atoms with Crippen LogP contribution in [0.4, 0.5) is 4.39 Å². The number of benzene rings is 1. The lowest BCUT2D eigenvalue weighted by molar-refractivity contribution is 0.0950. The van der Waals surface area contributed by atoms with E-state index in [-0.39, 0.29) is 24.1 Å². The molecule has 3 nitrogen and oxygen atoms in total. The van der Waals surface area contributed by atoms with E-state index in [9.17, 15) is 9.18 Å². The zero-order valence-corrected chi connectivity index (χ0v) is 9.87. The van der Waals surface area contributed by atoms with Crippen molar-refractivity contribution in [2.75, 3.05) is 6.61 Å². The Kier molecular flexibility index (Phi) is 3.96. The number of rotatable bonds is 3. The Labute approximate surface area is 105 Å². The van der Waals surface area contributed by atoms with Crippen LogP contribution in [0.25, 0.3) is 0 Å². The van der Waals surface area contributed by atoms with Crippen LogP contribution >= 0.6 is 0 Å². The molecule has 1 fully saturated rings. The van der Waals surface area contributed by atoms with E-state index in [4.69, 9.17) is 5.11 Å². The van der Waals surface area contributed by atoms with Crippen molar-refractivity contribution in [1.29, 1.82) is 0 Å². The monoisotopic (exact) mass is 247 g/mol. The molecular weight excluding hydrogens is 233 g/mol. The summed E-state index contributed by atoms with van der Waals surface area (Å²) in [5, 5.41) is 11.5. The Morgan fingerprint density at radius 2 is 2.28 bits per heavy atom. The maximum Gasteiger partial charge on any atom is 0.252 e.